The van der Waals surface area contributed by atoms with Gasteiger partial charge in [0.05, 0.1) is 24.8 Å². The summed E-state index contributed by atoms with van der Waals surface area (Å²) in [5, 5.41) is 4.83. The summed E-state index contributed by atoms with van der Waals surface area (Å²) in [6, 6.07) is 0. The molecule has 4 rings (SSSR count). The number of aryl methyl sites for hydroxylation is 1. The fourth-order valence-corrected chi connectivity index (χ4v) is 3.56. The molecule has 2 saturated heterocycles. The van der Waals surface area contributed by atoms with Gasteiger partial charge in [-0.05, 0) is 19.8 Å². The van der Waals surface area contributed by atoms with Crippen molar-refractivity contribution < 1.29 is 14.1 Å². The van der Waals surface area contributed by atoms with Crippen LogP contribution < -0.4 is 4.90 Å². The summed E-state index contributed by atoms with van der Waals surface area (Å²) in [6.07, 6.45) is 3.38. The van der Waals surface area contributed by atoms with E-state index in [-0.39, 0.29) is 11.8 Å². The van der Waals surface area contributed by atoms with Crippen LogP contribution in [0.4, 0.5) is 5.82 Å². The molecule has 128 valence electrons. The van der Waals surface area contributed by atoms with E-state index in [1.807, 2.05) is 11.8 Å². The van der Waals surface area contributed by atoms with Crippen LogP contribution in [0.25, 0.3) is 11.1 Å². The van der Waals surface area contributed by atoms with E-state index in [0.717, 1.165) is 36.3 Å². The highest BCUT2D eigenvalue weighted by Crippen LogP contribution is 2.30. The minimum Gasteiger partial charge on any atom is -0.378 e. The van der Waals surface area contributed by atoms with E-state index in [9.17, 15) is 4.79 Å². The average molecular weight is 331 g/mol. The van der Waals surface area contributed by atoms with Crippen molar-refractivity contribution in [3.63, 3.8) is 0 Å². The lowest BCUT2D eigenvalue weighted by Crippen LogP contribution is -2.48. The second-order valence-electron chi connectivity index (χ2n) is 6.37. The number of aromatic nitrogens is 3. The van der Waals surface area contributed by atoms with Crippen LogP contribution in [0.1, 0.15) is 18.5 Å². The first kappa shape index (κ1) is 15.3. The van der Waals surface area contributed by atoms with E-state index in [1.165, 1.54) is 6.33 Å². The Morgan fingerprint density at radius 2 is 2.08 bits per heavy atom. The molecule has 0 aliphatic carbocycles. The van der Waals surface area contributed by atoms with Gasteiger partial charge in [-0.25, -0.2) is 4.98 Å². The first-order valence-corrected chi connectivity index (χ1v) is 8.42. The summed E-state index contributed by atoms with van der Waals surface area (Å²) in [5.74, 6) is 1.05. The normalized spacial score (nSPS) is 22.1. The molecule has 4 heterocycles. The average Bonchev–Trinajstić information content (AvgIpc) is 3.03. The predicted molar refractivity (Wildman–Crippen MR) is 86.7 cm³/mol. The maximum Gasteiger partial charge on any atom is 0.263 e. The molecule has 1 amide bonds. The molecule has 2 aliphatic rings. The minimum absolute atomic E-state index is 0.00188. The fraction of sp³-hybridized carbons (Fsp3) is 0.625. The summed E-state index contributed by atoms with van der Waals surface area (Å²) >= 11 is 0. The molecule has 1 unspecified atom stereocenters. The SMILES string of the molecule is Cc1noc2ncnc(N3CCCC(C(=O)N4CCOCC4)C3)c12. The molecule has 8 nitrogen and oxygen atoms in total. The molecule has 0 aromatic carbocycles. The highest BCUT2D eigenvalue weighted by Gasteiger charge is 2.31. The highest BCUT2D eigenvalue weighted by atomic mass is 16.5. The van der Waals surface area contributed by atoms with Crippen molar-refractivity contribution in [2.24, 2.45) is 5.92 Å². The Kier molecular flexibility index (Phi) is 4.05. The van der Waals surface area contributed by atoms with Crippen molar-refractivity contribution in [1.82, 2.24) is 20.0 Å². The van der Waals surface area contributed by atoms with E-state index in [2.05, 4.69) is 20.0 Å². The van der Waals surface area contributed by atoms with Gasteiger partial charge in [0.15, 0.2) is 0 Å². The number of nitrogens with zero attached hydrogens (tertiary/aromatic N) is 5. The monoisotopic (exact) mass is 331 g/mol. The second-order valence-corrected chi connectivity index (χ2v) is 6.37. The number of anilines is 1. The van der Waals surface area contributed by atoms with Crippen molar-refractivity contribution >= 4 is 22.8 Å². The predicted octanol–water partition coefficient (Wildman–Crippen LogP) is 1.00. The van der Waals surface area contributed by atoms with Crippen molar-refractivity contribution in [1.29, 1.82) is 0 Å². The molecule has 0 spiro atoms. The molecule has 1 atom stereocenters. The van der Waals surface area contributed by atoms with E-state index in [1.54, 1.807) is 0 Å². The quantitative estimate of drug-likeness (QED) is 0.811. The lowest BCUT2D eigenvalue weighted by Gasteiger charge is -2.36. The number of amides is 1. The van der Waals surface area contributed by atoms with Gasteiger partial charge in [-0.2, -0.15) is 4.98 Å². The number of hydrogen-bond acceptors (Lipinski definition) is 7. The summed E-state index contributed by atoms with van der Waals surface area (Å²) in [7, 11) is 0. The summed E-state index contributed by atoms with van der Waals surface area (Å²) in [5.41, 5.74) is 1.28. The molecule has 0 radical (unpaired) electrons. The third-order valence-corrected chi connectivity index (χ3v) is 4.82. The summed E-state index contributed by atoms with van der Waals surface area (Å²) in [4.78, 5) is 25.5. The number of carbonyl (C=O) groups is 1. The van der Waals surface area contributed by atoms with E-state index < -0.39 is 0 Å². The zero-order valence-electron chi connectivity index (χ0n) is 13.8. The Labute approximate surface area is 139 Å². The van der Waals surface area contributed by atoms with Gasteiger partial charge in [0.2, 0.25) is 5.91 Å². The van der Waals surface area contributed by atoms with Crippen LogP contribution in [0.15, 0.2) is 10.9 Å². The maximum absolute atomic E-state index is 12.8. The summed E-state index contributed by atoms with van der Waals surface area (Å²) in [6.45, 7) is 6.09. The molecule has 8 heteroatoms. The van der Waals surface area contributed by atoms with Gasteiger partial charge in [0, 0.05) is 26.2 Å². The van der Waals surface area contributed by atoms with Crippen LogP contribution in [0.5, 0.6) is 0 Å². The van der Waals surface area contributed by atoms with Crippen molar-refractivity contribution in [2.75, 3.05) is 44.3 Å². The lowest BCUT2D eigenvalue weighted by molar-refractivity contribution is -0.139. The van der Waals surface area contributed by atoms with Gasteiger partial charge < -0.3 is 19.1 Å². The van der Waals surface area contributed by atoms with Crippen molar-refractivity contribution in [2.45, 2.75) is 19.8 Å². The molecule has 0 bridgehead atoms. The standard InChI is InChI=1S/C16H21N5O3/c1-11-13-14(17-10-18-15(13)24-19-11)21-4-2-3-12(9-21)16(22)20-5-7-23-8-6-20/h10,12H,2-9H2,1H3. The van der Waals surface area contributed by atoms with E-state index >= 15 is 0 Å². The summed E-state index contributed by atoms with van der Waals surface area (Å²) < 4.78 is 10.6. The van der Waals surface area contributed by atoms with Crippen LogP contribution >= 0.6 is 0 Å². The first-order valence-electron chi connectivity index (χ1n) is 8.42. The number of carbonyl (C=O) groups excluding carboxylic acids is 1. The van der Waals surface area contributed by atoms with Gasteiger partial charge in [0.25, 0.3) is 5.71 Å². The molecule has 0 N–H and O–H groups in total. The first-order chi connectivity index (χ1) is 11.7. The zero-order valence-corrected chi connectivity index (χ0v) is 13.8. The third-order valence-electron chi connectivity index (χ3n) is 4.82. The van der Waals surface area contributed by atoms with E-state index in [0.29, 0.717) is 38.6 Å². The largest absolute Gasteiger partial charge is 0.378 e. The van der Waals surface area contributed by atoms with E-state index in [4.69, 9.17) is 9.26 Å². The maximum atomic E-state index is 12.8. The Morgan fingerprint density at radius 3 is 2.92 bits per heavy atom. The number of piperidine rings is 1. The molecular weight excluding hydrogens is 310 g/mol. The fourth-order valence-electron chi connectivity index (χ4n) is 3.56. The highest BCUT2D eigenvalue weighted by molar-refractivity contribution is 5.88. The van der Waals surface area contributed by atoms with Gasteiger partial charge in [-0.3, -0.25) is 4.79 Å². The van der Waals surface area contributed by atoms with Gasteiger partial charge in [-0.1, -0.05) is 5.16 Å². The second kappa shape index (κ2) is 6.35. The van der Waals surface area contributed by atoms with Crippen LogP contribution in [-0.2, 0) is 9.53 Å². The smallest absolute Gasteiger partial charge is 0.263 e. The van der Waals surface area contributed by atoms with Crippen molar-refractivity contribution in [3.8, 4) is 0 Å². The Bertz CT molecular complexity index is 740. The molecule has 2 aromatic rings. The van der Waals surface area contributed by atoms with Crippen molar-refractivity contribution in [3.05, 3.63) is 12.0 Å². The number of rotatable bonds is 2. The number of fused-ring (bicyclic) bond motifs is 1. The topological polar surface area (TPSA) is 84.6 Å². The van der Waals surface area contributed by atoms with Gasteiger partial charge >= 0.3 is 0 Å². The molecule has 2 aromatic heterocycles. The Morgan fingerprint density at radius 1 is 1.25 bits per heavy atom. The Balaban J connectivity index is 1.56. The molecule has 0 saturated carbocycles. The minimum atomic E-state index is 0.00188. The Hall–Kier alpha value is -2.22. The van der Waals surface area contributed by atoms with Gasteiger partial charge in [-0.15, -0.1) is 0 Å². The van der Waals surface area contributed by atoms with Crippen LogP contribution in [0.3, 0.4) is 0 Å². The van der Waals surface area contributed by atoms with Crippen LogP contribution in [-0.4, -0.2) is 65.3 Å². The molecular formula is C16H21N5O3. The zero-order chi connectivity index (χ0) is 16.5. The van der Waals surface area contributed by atoms with Gasteiger partial charge in [0.1, 0.15) is 17.5 Å². The number of hydrogen-bond donors (Lipinski definition) is 0. The molecule has 2 aliphatic heterocycles. The number of morpholine rings is 1. The number of ether oxygens (including phenoxy) is 1. The third kappa shape index (κ3) is 2.71. The molecule has 2 fully saturated rings. The lowest BCUT2D eigenvalue weighted by atomic mass is 9.96. The molecule has 24 heavy (non-hydrogen) atoms. The van der Waals surface area contributed by atoms with Crippen LogP contribution in [0, 0.1) is 12.8 Å². The van der Waals surface area contributed by atoms with Crippen LogP contribution in [0.2, 0.25) is 0 Å².